The normalized spacial score (nSPS) is 26.6. The van der Waals surface area contributed by atoms with E-state index in [0.29, 0.717) is 35.9 Å². The van der Waals surface area contributed by atoms with Crippen LogP contribution < -0.4 is 28.4 Å². The molecule has 0 radical (unpaired) electrons. The fourth-order valence-corrected chi connectivity index (χ4v) is 12.9. The zero-order valence-corrected chi connectivity index (χ0v) is 46.0. The highest BCUT2D eigenvalue weighted by molar-refractivity contribution is 5.52. The fourth-order valence-electron chi connectivity index (χ4n) is 12.9. The quantitative estimate of drug-likeness (QED) is 0.0881. The molecule has 0 aliphatic carbocycles. The van der Waals surface area contributed by atoms with Crippen molar-refractivity contribution < 1.29 is 43.7 Å². The maximum absolute atomic E-state index is 10.7. The van der Waals surface area contributed by atoms with E-state index in [-0.39, 0.29) is 18.3 Å². The van der Waals surface area contributed by atoms with Crippen LogP contribution in [0.5, 0.6) is 34.5 Å². The van der Waals surface area contributed by atoms with Gasteiger partial charge in [0.2, 0.25) is 0 Å². The number of piperidine rings is 3. The topological polar surface area (TPSA) is 126 Å². The smallest absolute Gasteiger partial charge is 0.161 e. The van der Waals surface area contributed by atoms with Gasteiger partial charge in [0, 0.05) is 57.4 Å². The molecule has 3 fully saturated rings. The molecule has 3 saturated heterocycles. The van der Waals surface area contributed by atoms with Crippen LogP contribution in [0.4, 0.5) is 0 Å². The van der Waals surface area contributed by atoms with Gasteiger partial charge in [0.15, 0.2) is 34.5 Å². The van der Waals surface area contributed by atoms with Gasteiger partial charge in [-0.15, -0.1) is 0 Å². The fraction of sp³-hybridized carbons (Fsp3) is 0.639. The van der Waals surface area contributed by atoms with Crippen LogP contribution in [0.2, 0.25) is 0 Å². The van der Waals surface area contributed by atoms with Crippen molar-refractivity contribution in [1.29, 1.82) is 0 Å². The van der Waals surface area contributed by atoms with E-state index >= 15 is 0 Å². The summed E-state index contributed by atoms with van der Waals surface area (Å²) < 4.78 is 32.8. The zero-order chi connectivity index (χ0) is 52.0. The minimum Gasteiger partial charge on any atom is -0.493 e. The number of ether oxygens (including phenoxy) is 6. The van der Waals surface area contributed by atoms with Gasteiger partial charge < -0.3 is 43.7 Å². The van der Waals surface area contributed by atoms with Crippen molar-refractivity contribution in [2.45, 2.75) is 154 Å². The second-order valence-electron chi connectivity index (χ2n) is 21.3. The van der Waals surface area contributed by atoms with Crippen molar-refractivity contribution in [2.75, 3.05) is 81.9 Å². The molecule has 9 rings (SSSR count). The van der Waals surface area contributed by atoms with Gasteiger partial charge in [-0.3, -0.25) is 14.7 Å². The molecule has 3 unspecified atom stereocenters. The monoisotopic (exact) mass is 1010 g/mol. The molecule has 3 aromatic carbocycles. The molecule has 12 nitrogen and oxygen atoms in total. The Hall–Kier alpha value is -4.30. The Kier molecular flexibility index (Phi) is 21.2. The van der Waals surface area contributed by atoms with E-state index in [4.69, 9.17) is 28.4 Å². The van der Waals surface area contributed by atoms with Crippen molar-refractivity contribution in [2.24, 2.45) is 17.8 Å². The molecule has 6 heterocycles. The minimum absolute atomic E-state index is 0.193. The van der Waals surface area contributed by atoms with Crippen molar-refractivity contribution >= 4 is 0 Å². The average Bonchev–Trinajstić information content (AvgIpc) is 3.41. The Morgan fingerprint density at radius 2 is 0.740 bits per heavy atom. The van der Waals surface area contributed by atoms with Crippen molar-refractivity contribution in [1.82, 2.24) is 14.7 Å². The summed E-state index contributed by atoms with van der Waals surface area (Å²) in [5, 5.41) is 32.0. The molecule has 0 saturated carbocycles. The zero-order valence-electron chi connectivity index (χ0n) is 46.0. The summed E-state index contributed by atoms with van der Waals surface area (Å²) in [7, 11) is 10.1. The van der Waals surface area contributed by atoms with E-state index in [0.717, 1.165) is 157 Å². The molecule has 404 valence electrons. The van der Waals surface area contributed by atoms with Crippen LogP contribution in [0, 0.1) is 17.8 Å². The number of allylic oxidation sites excluding steroid dienone is 4. The molecule has 0 amide bonds. The Labute approximate surface area is 438 Å². The Bertz CT molecular complexity index is 2160. The van der Waals surface area contributed by atoms with Gasteiger partial charge in [0.1, 0.15) is 0 Å². The average molecular weight is 1010 g/mol. The van der Waals surface area contributed by atoms with Gasteiger partial charge in [-0.05, 0) is 185 Å². The molecule has 3 aromatic rings. The number of aliphatic hydroxyl groups excluding tert-OH is 3. The number of nitrogens with zero attached hydrogens (tertiary/aromatic N) is 3. The lowest BCUT2D eigenvalue weighted by Gasteiger charge is -2.46. The second-order valence-corrected chi connectivity index (χ2v) is 21.3. The molecule has 73 heavy (non-hydrogen) atoms. The van der Waals surface area contributed by atoms with Gasteiger partial charge in [-0.1, -0.05) is 44.1 Å². The summed E-state index contributed by atoms with van der Waals surface area (Å²) in [6.45, 7) is 12.5. The molecule has 3 N–H and O–H groups in total. The summed E-state index contributed by atoms with van der Waals surface area (Å²) in [6.07, 6.45) is 23.9. The van der Waals surface area contributed by atoms with Crippen LogP contribution >= 0.6 is 0 Å². The molecule has 6 aliphatic heterocycles. The van der Waals surface area contributed by atoms with Gasteiger partial charge >= 0.3 is 0 Å². The number of hydrogen-bond acceptors (Lipinski definition) is 12. The standard InChI is InChI=1S/2C21H31NO3.C19H29NO3/c2*1-4-5-6-7-8-16-14-22-10-9-15-11-20(24-2)21(25-3)12-17(15)18(22)13-19(16)23;1-4-5-6-14-12-20-8-7-13-9-18(22-2)19(23-3)10-15(13)16(20)11-17(14)21/h2*4-5,11-12,16,18-19,23H,6-10,13-14H2,1-3H3;9-10,14,16-17,21H,4-8,11-12H2,1-3H3/b2*5-4+;/t16-,18-,19-;;14-,16-,17-/m1.1/s1. The molecule has 0 aromatic heterocycles. The van der Waals surface area contributed by atoms with Crippen LogP contribution in [0.15, 0.2) is 60.7 Å². The third-order valence-corrected chi connectivity index (χ3v) is 17.1. The molecule has 6 aliphatic rings. The van der Waals surface area contributed by atoms with E-state index < -0.39 is 0 Å². The number of aliphatic hydroxyl groups is 3. The SMILES string of the molecule is C/C=C/CCCC1CN2CCc3cc(OC)c(OC)cc3C2CC1O.C/C=C/CCC[C@@H]1CN2CCc3cc(OC)c(OC)cc3[C@H]2C[C@H]1O.CCCC[C@@H]1CN2CCc3cc(OC)c(OC)cc3[C@H]2C[C@H]1O. The minimum atomic E-state index is -0.217. The van der Waals surface area contributed by atoms with E-state index in [9.17, 15) is 15.3 Å². The Balaban J connectivity index is 0.000000160. The number of rotatable bonds is 17. The van der Waals surface area contributed by atoms with Crippen molar-refractivity contribution in [3.63, 3.8) is 0 Å². The lowest BCUT2D eigenvalue weighted by atomic mass is 9.80. The van der Waals surface area contributed by atoms with Crippen LogP contribution in [0.1, 0.15) is 149 Å². The lowest BCUT2D eigenvalue weighted by Crippen LogP contribution is -2.47. The highest BCUT2D eigenvalue weighted by Gasteiger charge is 2.41. The van der Waals surface area contributed by atoms with Gasteiger partial charge in [0.25, 0.3) is 0 Å². The Morgan fingerprint density at radius 1 is 0.452 bits per heavy atom. The molecular formula is C61H91N3O9. The first-order valence-corrected chi connectivity index (χ1v) is 27.8. The third kappa shape index (κ3) is 13.6. The first kappa shape index (κ1) is 56.4. The summed E-state index contributed by atoms with van der Waals surface area (Å²) in [6, 6.07) is 13.6. The summed E-state index contributed by atoms with van der Waals surface area (Å²) >= 11 is 0. The first-order chi connectivity index (χ1) is 35.5. The van der Waals surface area contributed by atoms with Gasteiger partial charge in [0.05, 0.1) is 61.0 Å². The van der Waals surface area contributed by atoms with E-state index in [1.165, 1.54) is 46.2 Å². The van der Waals surface area contributed by atoms with Crippen LogP contribution in [-0.4, -0.2) is 130 Å². The second kappa shape index (κ2) is 27.5. The molecule has 9 atom stereocenters. The number of hydrogen-bond donors (Lipinski definition) is 3. The largest absolute Gasteiger partial charge is 0.493 e. The molecule has 12 heteroatoms. The van der Waals surface area contributed by atoms with Crippen LogP contribution in [0.3, 0.4) is 0 Å². The number of methoxy groups -OCH3 is 6. The summed E-state index contributed by atoms with van der Waals surface area (Å²) in [5.74, 6) is 5.96. The third-order valence-electron chi connectivity index (χ3n) is 17.1. The highest BCUT2D eigenvalue weighted by Crippen LogP contribution is 2.47. The van der Waals surface area contributed by atoms with E-state index in [1.54, 1.807) is 42.7 Å². The summed E-state index contributed by atoms with van der Waals surface area (Å²) in [5.41, 5.74) is 7.91. The number of fused-ring (bicyclic) bond motifs is 9. The maximum Gasteiger partial charge on any atom is 0.161 e. The van der Waals surface area contributed by atoms with Crippen molar-refractivity contribution in [3.8, 4) is 34.5 Å². The predicted octanol–water partition coefficient (Wildman–Crippen LogP) is 10.6. The van der Waals surface area contributed by atoms with E-state index in [1.807, 2.05) is 0 Å². The summed E-state index contributed by atoms with van der Waals surface area (Å²) in [4.78, 5) is 7.67. The Morgan fingerprint density at radius 3 is 1.01 bits per heavy atom. The molecular weight excluding hydrogens is 919 g/mol. The molecule has 0 bridgehead atoms. The molecule has 0 spiro atoms. The van der Waals surface area contributed by atoms with E-state index in [2.05, 4.69) is 96.2 Å². The van der Waals surface area contributed by atoms with Crippen LogP contribution in [-0.2, 0) is 19.3 Å². The van der Waals surface area contributed by atoms with Crippen molar-refractivity contribution in [3.05, 3.63) is 94.1 Å². The van der Waals surface area contributed by atoms with Gasteiger partial charge in [-0.25, -0.2) is 0 Å². The highest BCUT2D eigenvalue weighted by atomic mass is 16.5. The lowest BCUT2D eigenvalue weighted by molar-refractivity contribution is -0.0157. The predicted molar refractivity (Wildman–Crippen MR) is 292 cm³/mol. The first-order valence-electron chi connectivity index (χ1n) is 27.8. The number of unbranched alkanes of at least 4 members (excludes halogenated alkanes) is 3. The maximum atomic E-state index is 10.7. The van der Waals surface area contributed by atoms with Crippen LogP contribution in [0.25, 0.3) is 0 Å². The van der Waals surface area contributed by atoms with Gasteiger partial charge in [-0.2, -0.15) is 0 Å². The number of benzene rings is 3.